The van der Waals surface area contributed by atoms with Crippen LogP contribution in [0.3, 0.4) is 0 Å². The molecule has 0 fully saturated rings. The van der Waals surface area contributed by atoms with E-state index < -0.39 is 11.8 Å². The van der Waals surface area contributed by atoms with Gasteiger partial charge in [-0.1, -0.05) is 30.3 Å². The van der Waals surface area contributed by atoms with Crippen LogP contribution < -0.4 is 15.4 Å². The molecule has 5 rings (SSSR count). The maximum Gasteiger partial charge on any atom is 0.275 e. The fraction of sp³-hybridized carbons (Fsp3) is 0.100. The molecule has 6 nitrogen and oxygen atoms in total. The Balaban J connectivity index is 1.72. The predicted molar refractivity (Wildman–Crippen MR) is 97.6 cm³/mol. The number of para-hydroxylation sites is 2. The van der Waals surface area contributed by atoms with Crippen molar-refractivity contribution in [2.75, 3.05) is 11.9 Å². The lowest BCUT2D eigenvalue weighted by Crippen LogP contribution is -2.24. The Labute approximate surface area is 149 Å². The zero-order valence-electron chi connectivity index (χ0n) is 13.8. The smallest absolute Gasteiger partial charge is 0.275 e. The minimum atomic E-state index is -0.419. The van der Waals surface area contributed by atoms with E-state index >= 15 is 0 Å². The Morgan fingerprint density at radius 2 is 1.85 bits per heavy atom. The first-order valence-electron chi connectivity index (χ1n) is 8.39. The summed E-state index contributed by atoms with van der Waals surface area (Å²) in [7, 11) is 0. The van der Waals surface area contributed by atoms with Crippen molar-refractivity contribution in [1.82, 2.24) is 9.88 Å². The molecule has 6 heteroatoms. The summed E-state index contributed by atoms with van der Waals surface area (Å²) < 4.78 is 7.80. The first-order valence-corrected chi connectivity index (χ1v) is 8.39. The number of anilines is 1. The summed E-state index contributed by atoms with van der Waals surface area (Å²) in [5.41, 5.74) is 3.07. The topological polar surface area (TPSA) is 72.4 Å². The molecule has 2 aliphatic heterocycles. The van der Waals surface area contributed by atoms with Crippen molar-refractivity contribution in [3.63, 3.8) is 0 Å². The summed E-state index contributed by atoms with van der Waals surface area (Å²) in [6, 6.07) is 15.1. The number of nitrogens with zero attached hydrogens (tertiary/aromatic N) is 1. The highest BCUT2D eigenvalue weighted by Gasteiger charge is 2.34. The Morgan fingerprint density at radius 1 is 1.00 bits per heavy atom. The number of hydrogen-bond donors (Lipinski definition) is 2. The number of carbonyl (C=O) groups excluding carboxylic acids is 2. The molecular weight excluding hydrogens is 330 g/mol. The molecule has 0 spiro atoms. The summed E-state index contributed by atoms with van der Waals surface area (Å²) in [5.74, 6) is -0.0158. The van der Waals surface area contributed by atoms with Gasteiger partial charge in [0.15, 0.2) is 0 Å². The average Bonchev–Trinajstić information content (AvgIpc) is 3.15. The van der Waals surface area contributed by atoms with Crippen molar-refractivity contribution < 1.29 is 14.3 Å². The van der Waals surface area contributed by atoms with E-state index in [0.29, 0.717) is 18.7 Å². The standard InChI is InChI=1S/C20H15N3O3/c24-19-16(17(20(25)22-19)21-12-5-2-1-3-6-12)14-11-23-9-10-26-15-8-4-7-13(14)18(15)23/h1-8,11H,9-10H2,(H2,21,22,24,25). The van der Waals surface area contributed by atoms with Gasteiger partial charge in [0, 0.05) is 22.8 Å². The Morgan fingerprint density at radius 3 is 2.69 bits per heavy atom. The lowest BCUT2D eigenvalue weighted by atomic mass is 10.0. The highest BCUT2D eigenvalue weighted by Crippen LogP contribution is 2.37. The molecule has 2 aromatic carbocycles. The first-order chi connectivity index (χ1) is 12.7. The Kier molecular flexibility index (Phi) is 3.12. The molecule has 0 saturated carbocycles. The average molecular weight is 345 g/mol. The van der Waals surface area contributed by atoms with Gasteiger partial charge in [0.1, 0.15) is 18.1 Å². The van der Waals surface area contributed by atoms with Gasteiger partial charge in [-0.05, 0) is 18.2 Å². The van der Waals surface area contributed by atoms with Crippen LogP contribution >= 0.6 is 0 Å². The number of imide groups is 1. The largest absolute Gasteiger partial charge is 0.490 e. The molecule has 1 aromatic heterocycles. The molecule has 0 unspecified atom stereocenters. The molecule has 2 N–H and O–H groups in total. The third-order valence-electron chi connectivity index (χ3n) is 4.69. The molecule has 128 valence electrons. The van der Waals surface area contributed by atoms with Crippen molar-refractivity contribution >= 4 is 34.0 Å². The van der Waals surface area contributed by atoms with Crippen LogP contribution in [0.5, 0.6) is 5.75 Å². The van der Waals surface area contributed by atoms with Crippen molar-refractivity contribution in [3.8, 4) is 5.75 Å². The van der Waals surface area contributed by atoms with E-state index in [1.807, 2.05) is 54.7 Å². The van der Waals surface area contributed by atoms with Gasteiger partial charge in [0.2, 0.25) is 0 Å². The monoisotopic (exact) mass is 345 g/mol. The molecule has 3 aromatic rings. The van der Waals surface area contributed by atoms with Gasteiger partial charge in [-0.25, -0.2) is 0 Å². The molecule has 0 atom stereocenters. The van der Waals surface area contributed by atoms with E-state index in [0.717, 1.165) is 27.9 Å². The fourth-order valence-corrected chi connectivity index (χ4v) is 3.57. The molecule has 0 radical (unpaired) electrons. The number of carbonyl (C=O) groups is 2. The third kappa shape index (κ3) is 2.12. The van der Waals surface area contributed by atoms with Crippen molar-refractivity contribution in [3.05, 3.63) is 66.0 Å². The highest BCUT2D eigenvalue weighted by molar-refractivity contribution is 6.38. The second-order valence-electron chi connectivity index (χ2n) is 6.26. The summed E-state index contributed by atoms with van der Waals surface area (Å²) in [6.45, 7) is 1.29. The number of amides is 2. The van der Waals surface area contributed by atoms with Crippen LogP contribution in [0.1, 0.15) is 5.56 Å². The van der Waals surface area contributed by atoms with Crippen LogP contribution in [0.15, 0.2) is 60.4 Å². The second kappa shape index (κ2) is 5.49. The Hall–Kier alpha value is -3.54. The molecule has 2 aliphatic rings. The maximum atomic E-state index is 12.6. The normalized spacial score (nSPS) is 16.0. The molecule has 3 heterocycles. The quantitative estimate of drug-likeness (QED) is 0.716. The van der Waals surface area contributed by atoms with Crippen molar-refractivity contribution in [2.45, 2.75) is 6.54 Å². The van der Waals surface area contributed by atoms with Crippen LogP contribution in [0.25, 0.3) is 16.5 Å². The van der Waals surface area contributed by atoms with Crippen LogP contribution in [0.4, 0.5) is 5.69 Å². The SMILES string of the molecule is O=C1NC(=O)C(c2cn3c4c(cccc24)OCC3)=C1Nc1ccccc1. The molecule has 0 saturated heterocycles. The maximum absolute atomic E-state index is 12.6. The van der Waals surface area contributed by atoms with E-state index in [-0.39, 0.29) is 5.70 Å². The van der Waals surface area contributed by atoms with Crippen LogP contribution in [0.2, 0.25) is 0 Å². The lowest BCUT2D eigenvalue weighted by Gasteiger charge is -2.16. The molecule has 26 heavy (non-hydrogen) atoms. The summed E-state index contributed by atoms with van der Waals surface area (Å²) in [5, 5.41) is 6.40. The summed E-state index contributed by atoms with van der Waals surface area (Å²) in [4.78, 5) is 24.9. The number of benzene rings is 2. The zero-order valence-corrected chi connectivity index (χ0v) is 13.8. The van der Waals surface area contributed by atoms with Gasteiger partial charge in [-0.3, -0.25) is 14.9 Å². The molecular formula is C20H15N3O3. The van der Waals surface area contributed by atoms with Crippen LogP contribution in [-0.2, 0) is 16.1 Å². The number of ether oxygens (including phenoxy) is 1. The van der Waals surface area contributed by atoms with Gasteiger partial charge in [0.25, 0.3) is 11.8 Å². The van der Waals surface area contributed by atoms with Crippen LogP contribution in [-0.4, -0.2) is 23.0 Å². The van der Waals surface area contributed by atoms with Crippen LogP contribution in [0, 0.1) is 0 Å². The number of rotatable bonds is 3. The van der Waals surface area contributed by atoms with Gasteiger partial charge in [0.05, 0.1) is 17.6 Å². The summed E-state index contributed by atoms with van der Waals surface area (Å²) in [6.07, 6.45) is 1.93. The van der Waals surface area contributed by atoms with Gasteiger partial charge < -0.3 is 14.6 Å². The highest BCUT2D eigenvalue weighted by atomic mass is 16.5. The van der Waals surface area contributed by atoms with E-state index in [1.54, 1.807) is 0 Å². The second-order valence-corrected chi connectivity index (χ2v) is 6.26. The number of hydrogen-bond acceptors (Lipinski definition) is 4. The predicted octanol–water partition coefficient (Wildman–Crippen LogP) is 2.51. The molecule has 0 bridgehead atoms. The summed E-state index contributed by atoms with van der Waals surface area (Å²) >= 11 is 0. The van der Waals surface area contributed by atoms with Gasteiger partial charge in [-0.15, -0.1) is 0 Å². The zero-order chi connectivity index (χ0) is 17.7. The molecule has 2 amide bonds. The van der Waals surface area contributed by atoms with Gasteiger partial charge in [-0.2, -0.15) is 0 Å². The van der Waals surface area contributed by atoms with E-state index in [9.17, 15) is 9.59 Å². The van der Waals surface area contributed by atoms with E-state index in [4.69, 9.17) is 4.74 Å². The minimum absolute atomic E-state index is 0.269. The van der Waals surface area contributed by atoms with E-state index in [2.05, 4.69) is 15.2 Å². The minimum Gasteiger partial charge on any atom is -0.490 e. The number of nitrogens with one attached hydrogen (secondary N) is 2. The third-order valence-corrected chi connectivity index (χ3v) is 4.69. The molecule has 0 aliphatic carbocycles. The fourth-order valence-electron chi connectivity index (χ4n) is 3.57. The van der Waals surface area contributed by atoms with E-state index in [1.165, 1.54) is 0 Å². The van der Waals surface area contributed by atoms with Gasteiger partial charge >= 0.3 is 0 Å². The lowest BCUT2D eigenvalue weighted by molar-refractivity contribution is -0.123. The van der Waals surface area contributed by atoms with Crippen molar-refractivity contribution in [1.29, 1.82) is 0 Å². The Bertz CT molecular complexity index is 1100. The first kappa shape index (κ1) is 14.8. The van der Waals surface area contributed by atoms with Crippen molar-refractivity contribution in [2.24, 2.45) is 0 Å². The number of aromatic nitrogens is 1.